The maximum Gasteiger partial charge on any atom is 0.100 e. The molecule has 1 nitrogen and oxygen atoms in total. The standard InChI is InChI=1S/C19H27BrO/c1-17(2)15-10-11-18(17,3)16(12-15)21-19(4,13-20)14-8-6-5-7-9-14/h5-9,15-16H,10-13H2,1-4H3. The third kappa shape index (κ3) is 2.21. The van der Waals surface area contributed by atoms with E-state index in [9.17, 15) is 0 Å². The van der Waals surface area contributed by atoms with Crippen LogP contribution in [0.3, 0.4) is 0 Å². The normalized spacial score (nSPS) is 36.6. The first-order chi connectivity index (χ1) is 9.83. The molecule has 2 aliphatic carbocycles. The SMILES string of the molecule is CC(CBr)(OC1CC2CCC1(C)C2(C)C)c1ccccc1. The molecule has 2 heteroatoms. The topological polar surface area (TPSA) is 9.23 Å². The first kappa shape index (κ1) is 15.6. The molecule has 0 N–H and O–H groups in total. The van der Waals surface area contributed by atoms with E-state index in [0.29, 0.717) is 16.9 Å². The molecule has 2 bridgehead atoms. The van der Waals surface area contributed by atoms with Gasteiger partial charge in [0.05, 0.1) is 6.10 Å². The van der Waals surface area contributed by atoms with E-state index in [2.05, 4.69) is 74.0 Å². The van der Waals surface area contributed by atoms with Crippen molar-refractivity contribution in [3.8, 4) is 0 Å². The number of alkyl halides is 1. The second kappa shape index (κ2) is 5.09. The molecule has 0 saturated heterocycles. The molecule has 2 aliphatic rings. The molecule has 2 saturated carbocycles. The van der Waals surface area contributed by atoms with Crippen molar-refractivity contribution in [2.24, 2.45) is 16.7 Å². The predicted octanol–water partition coefficient (Wildman–Crippen LogP) is 5.53. The van der Waals surface area contributed by atoms with Crippen LogP contribution >= 0.6 is 15.9 Å². The lowest BCUT2D eigenvalue weighted by molar-refractivity contribution is -0.129. The Kier molecular flexibility index (Phi) is 3.77. The second-order valence-corrected chi connectivity index (χ2v) is 8.51. The monoisotopic (exact) mass is 350 g/mol. The zero-order valence-corrected chi connectivity index (χ0v) is 15.2. The first-order valence-electron chi connectivity index (χ1n) is 8.13. The minimum atomic E-state index is -0.241. The van der Waals surface area contributed by atoms with Crippen LogP contribution in [0.1, 0.15) is 52.5 Å². The molecular weight excluding hydrogens is 324 g/mol. The number of fused-ring (bicyclic) bond motifs is 2. The summed E-state index contributed by atoms with van der Waals surface area (Å²) in [5.74, 6) is 0.822. The van der Waals surface area contributed by atoms with Crippen LogP contribution in [0.2, 0.25) is 0 Å². The molecule has 21 heavy (non-hydrogen) atoms. The summed E-state index contributed by atoms with van der Waals surface area (Å²) in [5, 5.41) is 0.835. The van der Waals surface area contributed by atoms with E-state index in [1.807, 2.05) is 0 Å². The van der Waals surface area contributed by atoms with Gasteiger partial charge in [-0.3, -0.25) is 0 Å². The number of benzene rings is 1. The quantitative estimate of drug-likeness (QED) is 0.648. The third-order valence-corrected chi connectivity index (χ3v) is 7.83. The van der Waals surface area contributed by atoms with Gasteiger partial charge in [-0.15, -0.1) is 0 Å². The van der Waals surface area contributed by atoms with Crippen molar-refractivity contribution >= 4 is 15.9 Å². The van der Waals surface area contributed by atoms with E-state index in [0.717, 1.165) is 11.2 Å². The Morgan fingerprint density at radius 2 is 1.90 bits per heavy atom. The van der Waals surface area contributed by atoms with Crippen molar-refractivity contribution in [3.63, 3.8) is 0 Å². The second-order valence-electron chi connectivity index (χ2n) is 7.95. The lowest BCUT2D eigenvalue weighted by Crippen LogP contribution is -2.42. The van der Waals surface area contributed by atoms with Crippen molar-refractivity contribution in [1.29, 1.82) is 0 Å². The Morgan fingerprint density at radius 1 is 1.24 bits per heavy atom. The van der Waals surface area contributed by atoms with Crippen molar-refractivity contribution in [2.45, 2.75) is 58.7 Å². The largest absolute Gasteiger partial charge is 0.366 e. The van der Waals surface area contributed by atoms with Gasteiger partial charge in [-0.05, 0) is 48.5 Å². The lowest BCUT2D eigenvalue weighted by atomic mass is 9.70. The summed E-state index contributed by atoms with van der Waals surface area (Å²) in [4.78, 5) is 0. The Hall–Kier alpha value is -0.340. The van der Waals surface area contributed by atoms with Crippen molar-refractivity contribution < 1.29 is 4.74 Å². The lowest BCUT2D eigenvalue weighted by Gasteiger charge is -2.43. The molecule has 0 aromatic heterocycles. The Morgan fingerprint density at radius 3 is 2.38 bits per heavy atom. The molecule has 0 radical (unpaired) electrons. The zero-order valence-electron chi connectivity index (χ0n) is 13.7. The smallest absolute Gasteiger partial charge is 0.100 e. The van der Waals surface area contributed by atoms with Gasteiger partial charge in [0, 0.05) is 5.33 Å². The minimum absolute atomic E-state index is 0.241. The molecule has 0 heterocycles. The van der Waals surface area contributed by atoms with Crippen LogP contribution in [-0.2, 0) is 10.3 Å². The van der Waals surface area contributed by atoms with E-state index in [4.69, 9.17) is 4.74 Å². The molecule has 0 amide bonds. The van der Waals surface area contributed by atoms with E-state index in [1.165, 1.54) is 24.8 Å². The summed E-state index contributed by atoms with van der Waals surface area (Å²) in [7, 11) is 0. The first-order valence-corrected chi connectivity index (χ1v) is 9.25. The predicted molar refractivity (Wildman–Crippen MR) is 91.7 cm³/mol. The number of hydrogen-bond donors (Lipinski definition) is 0. The van der Waals surface area contributed by atoms with E-state index >= 15 is 0 Å². The molecule has 1 aromatic rings. The molecule has 4 unspecified atom stereocenters. The van der Waals surface area contributed by atoms with Gasteiger partial charge in [0.25, 0.3) is 0 Å². The fourth-order valence-corrected chi connectivity index (χ4v) is 5.05. The average molecular weight is 351 g/mol. The van der Waals surface area contributed by atoms with Crippen LogP contribution in [0, 0.1) is 16.7 Å². The van der Waals surface area contributed by atoms with Gasteiger partial charge in [-0.2, -0.15) is 0 Å². The minimum Gasteiger partial charge on any atom is -0.366 e. The molecule has 1 aromatic carbocycles. The summed E-state index contributed by atoms with van der Waals surface area (Å²) in [6, 6.07) is 10.6. The van der Waals surface area contributed by atoms with Crippen LogP contribution in [0.4, 0.5) is 0 Å². The van der Waals surface area contributed by atoms with Crippen LogP contribution in [0.15, 0.2) is 30.3 Å². The summed E-state index contributed by atoms with van der Waals surface area (Å²) in [6.07, 6.45) is 4.27. The highest BCUT2D eigenvalue weighted by atomic mass is 79.9. The van der Waals surface area contributed by atoms with Gasteiger partial charge in [-0.25, -0.2) is 0 Å². The summed E-state index contributed by atoms with van der Waals surface area (Å²) in [5.41, 5.74) is 1.75. The molecule has 4 atom stereocenters. The Bertz CT molecular complexity index is 512. The van der Waals surface area contributed by atoms with Gasteiger partial charge < -0.3 is 4.74 Å². The van der Waals surface area contributed by atoms with Crippen LogP contribution < -0.4 is 0 Å². The van der Waals surface area contributed by atoms with Crippen molar-refractivity contribution in [2.75, 3.05) is 5.33 Å². The highest BCUT2D eigenvalue weighted by molar-refractivity contribution is 9.09. The van der Waals surface area contributed by atoms with Crippen molar-refractivity contribution in [1.82, 2.24) is 0 Å². The number of ether oxygens (including phenoxy) is 1. The summed E-state index contributed by atoms with van der Waals surface area (Å²) >= 11 is 3.69. The Labute approximate surface area is 137 Å². The third-order valence-electron chi connectivity index (χ3n) is 6.76. The molecule has 3 rings (SSSR count). The molecule has 116 valence electrons. The van der Waals surface area contributed by atoms with Gasteiger partial charge in [0.1, 0.15) is 5.60 Å². The fourth-order valence-electron chi connectivity index (χ4n) is 4.59. The van der Waals surface area contributed by atoms with Crippen LogP contribution in [0.5, 0.6) is 0 Å². The van der Waals surface area contributed by atoms with E-state index < -0.39 is 0 Å². The molecule has 0 spiro atoms. The fraction of sp³-hybridized carbons (Fsp3) is 0.684. The highest BCUT2D eigenvalue weighted by Gasteiger charge is 2.62. The van der Waals surface area contributed by atoms with E-state index in [1.54, 1.807) is 0 Å². The molecule has 0 aliphatic heterocycles. The van der Waals surface area contributed by atoms with Crippen LogP contribution in [-0.4, -0.2) is 11.4 Å². The van der Waals surface area contributed by atoms with Crippen LogP contribution in [0.25, 0.3) is 0 Å². The van der Waals surface area contributed by atoms with Gasteiger partial charge in [-0.1, -0.05) is 67.0 Å². The summed E-state index contributed by atoms with van der Waals surface area (Å²) in [6.45, 7) is 9.56. The zero-order chi connectivity index (χ0) is 15.3. The molecular formula is C19H27BrO. The molecule has 2 fully saturated rings. The van der Waals surface area contributed by atoms with Gasteiger partial charge in [0.2, 0.25) is 0 Å². The maximum absolute atomic E-state index is 6.76. The Balaban J connectivity index is 1.87. The van der Waals surface area contributed by atoms with Gasteiger partial charge >= 0.3 is 0 Å². The van der Waals surface area contributed by atoms with Crippen molar-refractivity contribution in [3.05, 3.63) is 35.9 Å². The van der Waals surface area contributed by atoms with Gasteiger partial charge in [0.15, 0.2) is 0 Å². The highest BCUT2D eigenvalue weighted by Crippen LogP contribution is 2.66. The van der Waals surface area contributed by atoms with E-state index in [-0.39, 0.29) is 5.60 Å². The average Bonchev–Trinajstić information content (AvgIpc) is 2.81. The number of hydrogen-bond acceptors (Lipinski definition) is 1. The maximum atomic E-state index is 6.76. The summed E-state index contributed by atoms with van der Waals surface area (Å²) < 4.78 is 6.76. The number of halogens is 1. The number of rotatable bonds is 4.